The first-order chi connectivity index (χ1) is 4.39. The van der Waals surface area contributed by atoms with Crippen LogP contribution in [0.4, 0.5) is 0 Å². The SMILES string of the molecule is CCC(C)C(C)C(C)(C)Cl. The van der Waals surface area contributed by atoms with Gasteiger partial charge in [-0.15, -0.1) is 11.6 Å². The average Bonchev–Trinajstić information content (AvgIpc) is 1.83. The molecule has 0 N–H and O–H groups in total. The van der Waals surface area contributed by atoms with Crippen molar-refractivity contribution in [1.82, 2.24) is 0 Å². The summed E-state index contributed by atoms with van der Waals surface area (Å²) in [7, 11) is 0. The Hall–Kier alpha value is 0.290. The van der Waals surface area contributed by atoms with Crippen LogP contribution in [0.2, 0.25) is 0 Å². The Labute approximate surface area is 70.0 Å². The molecule has 0 nitrogen and oxygen atoms in total. The quantitative estimate of drug-likeness (QED) is 0.556. The minimum atomic E-state index is -0.0462. The Morgan fingerprint density at radius 1 is 1.30 bits per heavy atom. The van der Waals surface area contributed by atoms with Gasteiger partial charge < -0.3 is 0 Å². The maximum atomic E-state index is 6.16. The molecule has 0 radical (unpaired) electrons. The molecule has 0 aliphatic carbocycles. The molecule has 0 aliphatic heterocycles. The molecule has 2 atom stereocenters. The van der Waals surface area contributed by atoms with Crippen LogP contribution in [0.25, 0.3) is 0 Å². The number of hydrogen-bond acceptors (Lipinski definition) is 0. The molecule has 0 aromatic rings. The summed E-state index contributed by atoms with van der Waals surface area (Å²) in [6, 6.07) is 0. The summed E-state index contributed by atoms with van der Waals surface area (Å²) in [5.41, 5.74) is 0. The maximum absolute atomic E-state index is 6.16. The van der Waals surface area contributed by atoms with Crippen molar-refractivity contribution in [2.45, 2.75) is 45.9 Å². The van der Waals surface area contributed by atoms with Gasteiger partial charge in [-0.25, -0.2) is 0 Å². The highest BCUT2D eigenvalue weighted by atomic mass is 35.5. The molecular formula is C9H19Cl. The van der Waals surface area contributed by atoms with Crippen LogP contribution in [0.3, 0.4) is 0 Å². The minimum Gasteiger partial charge on any atom is -0.120 e. The van der Waals surface area contributed by atoms with Gasteiger partial charge in [0.25, 0.3) is 0 Å². The Kier molecular flexibility index (Phi) is 3.72. The van der Waals surface area contributed by atoms with Crippen LogP contribution in [0.1, 0.15) is 41.0 Å². The second-order valence-electron chi connectivity index (χ2n) is 3.74. The van der Waals surface area contributed by atoms with Crippen LogP contribution < -0.4 is 0 Å². The van der Waals surface area contributed by atoms with E-state index >= 15 is 0 Å². The van der Waals surface area contributed by atoms with Gasteiger partial charge in [-0.1, -0.05) is 27.2 Å². The monoisotopic (exact) mass is 162 g/mol. The van der Waals surface area contributed by atoms with Gasteiger partial charge in [0.15, 0.2) is 0 Å². The first kappa shape index (κ1) is 10.3. The van der Waals surface area contributed by atoms with E-state index in [1.165, 1.54) is 6.42 Å². The second-order valence-corrected chi connectivity index (χ2v) is 4.71. The van der Waals surface area contributed by atoms with E-state index in [0.29, 0.717) is 5.92 Å². The van der Waals surface area contributed by atoms with Crippen LogP contribution in [0.15, 0.2) is 0 Å². The third-order valence-corrected chi connectivity index (χ3v) is 2.92. The smallest absolute Gasteiger partial charge is 0.0418 e. The van der Waals surface area contributed by atoms with E-state index in [9.17, 15) is 0 Å². The van der Waals surface area contributed by atoms with Crippen molar-refractivity contribution in [3.8, 4) is 0 Å². The second kappa shape index (κ2) is 3.61. The zero-order chi connectivity index (χ0) is 8.36. The summed E-state index contributed by atoms with van der Waals surface area (Å²) in [5.74, 6) is 1.33. The molecule has 2 unspecified atom stereocenters. The van der Waals surface area contributed by atoms with E-state index < -0.39 is 0 Å². The van der Waals surface area contributed by atoms with Gasteiger partial charge in [-0.3, -0.25) is 0 Å². The normalized spacial score (nSPS) is 18.6. The number of halogens is 1. The fourth-order valence-electron chi connectivity index (χ4n) is 1.03. The molecule has 0 saturated carbocycles. The maximum Gasteiger partial charge on any atom is 0.0418 e. The highest BCUT2D eigenvalue weighted by Crippen LogP contribution is 2.31. The largest absolute Gasteiger partial charge is 0.120 e. The van der Waals surface area contributed by atoms with Crippen molar-refractivity contribution < 1.29 is 0 Å². The minimum absolute atomic E-state index is 0.0462. The predicted octanol–water partition coefficient (Wildman–Crippen LogP) is 3.69. The molecule has 0 aromatic carbocycles. The number of rotatable bonds is 3. The lowest BCUT2D eigenvalue weighted by atomic mass is 9.84. The van der Waals surface area contributed by atoms with Crippen molar-refractivity contribution >= 4 is 11.6 Å². The lowest BCUT2D eigenvalue weighted by Gasteiger charge is -2.29. The molecule has 0 amide bonds. The summed E-state index contributed by atoms with van der Waals surface area (Å²) >= 11 is 6.16. The van der Waals surface area contributed by atoms with E-state index in [-0.39, 0.29) is 4.87 Å². The Morgan fingerprint density at radius 2 is 1.70 bits per heavy atom. The van der Waals surface area contributed by atoms with Crippen LogP contribution in [0, 0.1) is 11.8 Å². The van der Waals surface area contributed by atoms with Crippen molar-refractivity contribution in [2.24, 2.45) is 11.8 Å². The van der Waals surface area contributed by atoms with Gasteiger partial charge in [-0.2, -0.15) is 0 Å². The third-order valence-electron chi connectivity index (χ3n) is 2.58. The van der Waals surface area contributed by atoms with Crippen molar-refractivity contribution in [3.63, 3.8) is 0 Å². The van der Waals surface area contributed by atoms with E-state index in [1.54, 1.807) is 0 Å². The summed E-state index contributed by atoms with van der Waals surface area (Å²) in [4.78, 5) is -0.0462. The molecule has 0 rings (SSSR count). The average molecular weight is 163 g/mol. The molecule has 0 spiro atoms. The fourth-order valence-corrected chi connectivity index (χ4v) is 1.25. The predicted molar refractivity (Wildman–Crippen MR) is 48.6 cm³/mol. The van der Waals surface area contributed by atoms with Crippen LogP contribution in [-0.4, -0.2) is 4.87 Å². The molecule has 62 valence electrons. The number of hydrogen-bond donors (Lipinski definition) is 0. The van der Waals surface area contributed by atoms with Gasteiger partial charge in [0.1, 0.15) is 0 Å². The topological polar surface area (TPSA) is 0 Å². The van der Waals surface area contributed by atoms with Crippen molar-refractivity contribution in [1.29, 1.82) is 0 Å². The summed E-state index contributed by atoms with van der Waals surface area (Å²) in [5, 5.41) is 0. The molecule has 0 aromatic heterocycles. The lowest BCUT2D eigenvalue weighted by Crippen LogP contribution is -2.27. The van der Waals surface area contributed by atoms with Gasteiger partial charge >= 0.3 is 0 Å². The summed E-state index contributed by atoms with van der Waals surface area (Å²) < 4.78 is 0. The Balaban J connectivity index is 3.94. The zero-order valence-corrected chi connectivity index (χ0v) is 8.50. The van der Waals surface area contributed by atoms with E-state index in [2.05, 4.69) is 34.6 Å². The summed E-state index contributed by atoms with van der Waals surface area (Å²) in [6.45, 7) is 10.9. The molecule has 0 heterocycles. The van der Waals surface area contributed by atoms with Crippen LogP contribution >= 0.6 is 11.6 Å². The van der Waals surface area contributed by atoms with Gasteiger partial charge in [0.2, 0.25) is 0 Å². The van der Waals surface area contributed by atoms with Gasteiger partial charge in [-0.05, 0) is 25.7 Å². The standard InChI is InChI=1S/C9H19Cl/c1-6-7(2)8(3)9(4,5)10/h7-8H,6H2,1-5H3. The highest BCUT2D eigenvalue weighted by Gasteiger charge is 2.26. The van der Waals surface area contributed by atoms with Crippen molar-refractivity contribution in [2.75, 3.05) is 0 Å². The van der Waals surface area contributed by atoms with Crippen molar-refractivity contribution in [3.05, 3.63) is 0 Å². The third kappa shape index (κ3) is 2.92. The van der Waals surface area contributed by atoms with Crippen LogP contribution in [-0.2, 0) is 0 Å². The van der Waals surface area contributed by atoms with Gasteiger partial charge in [0, 0.05) is 4.87 Å². The lowest BCUT2D eigenvalue weighted by molar-refractivity contribution is 0.311. The van der Waals surface area contributed by atoms with E-state index in [1.807, 2.05) is 0 Å². The molecule has 1 heteroatoms. The van der Waals surface area contributed by atoms with E-state index in [0.717, 1.165) is 5.92 Å². The summed E-state index contributed by atoms with van der Waals surface area (Å²) in [6.07, 6.45) is 1.22. The fraction of sp³-hybridized carbons (Fsp3) is 1.00. The highest BCUT2D eigenvalue weighted by molar-refractivity contribution is 6.23. The van der Waals surface area contributed by atoms with Crippen LogP contribution in [0.5, 0.6) is 0 Å². The molecule has 0 fully saturated rings. The zero-order valence-electron chi connectivity index (χ0n) is 7.74. The molecule has 0 bridgehead atoms. The first-order valence-electron chi connectivity index (χ1n) is 4.08. The van der Waals surface area contributed by atoms with E-state index in [4.69, 9.17) is 11.6 Å². The number of alkyl halides is 1. The molecule has 10 heavy (non-hydrogen) atoms. The Morgan fingerprint density at radius 3 is 1.80 bits per heavy atom. The molecular weight excluding hydrogens is 144 g/mol. The van der Waals surface area contributed by atoms with Gasteiger partial charge in [0.05, 0.1) is 0 Å². The molecule has 0 aliphatic rings. The molecule has 0 saturated heterocycles. The Bertz CT molecular complexity index is 91.4. The first-order valence-corrected chi connectivity index (χ1v) is 4.46.